The summed E-state index contributed by atoms with van der Waals surface area (Å²) in [5, 5.41) is 3.02. The molecular weight excluding hydrogens is 436 g/mol. The van der Waals surface area contributed by atoms with Crippen molar-refractivity contribution in [1.29, 1.82) is 0 Å². The van der Waals surface area contributed by atoms with Gasteiger partial charge in [0.2, 0.25) is 11.7 Å². The predicted molar refractivity (Wildman–Crippen MR) is 119 cm³/mol. The van der Waals surface area contributed by atoms with Crippen LogP contribution in [0.25, 0.3) is 11.3 Å². The van der Waals surface area contributed by atoms with Gasteiger partial charge in [-0.3, -0.25) is 19.3 Å². The monoisotopic (exact) mass is 454 g/mol. The van der Waals surface area contributed by atoms with Crippen LogP contribution in [-0.2, 0) is 14.3 Å². The van der Waals surface area contributed by atoms with Gasteiger partial charge >= 0.3 is 5.97 Å². The third-order valence-corrected chi connectivity index (χ3v) is 6.16. The number of ketones is 1. The quantitative estimate of drug-likeness (QED) is 0.401. The molecule has 2 heterocycles. The first-order valence-corrected chi connectivity index (χ1v) is 11.0. The first-order valence-electron chi connectivity index (χ1n) is 9.74. The van der Waals surface area contributed by atoms with Crippen LogP contribution in [0, 0.1) is 5.92 Å². The minimum absolute atomic E-state index is 0.0287. The van der Waals surface area contributed by atoms with Crippen LogP contribution >= 0.6 is 22.9 Å². The second-order valence-corrected chi connectivity index (χ2v) is 8.51. The molecular formula is C23H19ClN2O4S. The van der Waals surface area contributed by atoms with Gasteiger partial charge in [0.15, 0.2) is 11.2 Å². The van der Waals surface area contributed by atoms with Crippen molar-refractivity contribution in [1.82, 2.24) is 4.98 Å². The molecule has 0 radical (unpaired) electrons. The van der Waals surface area contributed by atoms with Crippen molar-refractivity contribution in [2.75, 3.05) is 11.4 Å². The Labute approximate surface area is 188 Å². The smallest absolute Gasteiger partial charge is 0.312 e. The number of carbonyl (C=O) groups is 3. The molecule has 1 aliphatic heterocycles. The number of hydrogen-bond donors (Lipinski definition) is 0. The molecule has 1 amide bonds. The van der Waals surface area contributed by atoms with Crippen molar-refractivity contribution in [2.24, 2.45) is 5.92 Å². The van der Waals surface area contributed by atoms with Crippen molar-refractivity contribution >= 4 is 45.7 Å². The summed E-state index contributed by atoms with van der Waals surface area (Å²) < 4.78 is 5.37. The second-order valence-electron chi connectivity index (χ2n) is 7.24. The van der Waals surface area contributed by atoms with Gasteiger partial charge in [0.05, 0.1) is 11.6 Å². The van der Waals surface area contributed by atoms with Crippen molar-refractivity contribution in [3.63, 3.8) is 0 Å². The minimum Gasteiger partial charge on any atom is -0.454 e. The van der Waals surface area contributed by atoms with Gasteiger partial charge in [0.1, 0.15) is 0 Å². The highest BCUT2D eigenvalue weighted by atomic mass is 35.5. The number of ether oxygens (including phenoxy) is 1. The summed E-state index contributed by atoms with van der Waals surface area (Å²) in [5.74, 6) is -1.66. The van der Waals surface area contributed by atoms with Gasteiger partial charge in [0.25, 0.3) is 0 Å². The number of halogens is 1. The van der Waals surface area contributed by atoms with E-state index in [1.165, 1.54) is 16.2 Å². The number of benzene rings is 2. The molecule has 6 nitrogen and oxygen atoms in total. The molecule has 0 unspecified atom stereocenters. The summed E-state index contributed by atoms with van der Waals surface area (Å²) >= 11 is 7.26. The average Bonchev–Trinajstić information content (AvgIpc) is 3.41. The molecule has 2 aromatic carbocycles. The zero-order valence-electron chi connectivity index (χ0n) is 16.7. The number of rotatable bonds is 6. The standard InChI is InChI=1S/C23H19ClN2O4S/c1-14(21(28)16-5-3-2-4-6-16)30-22(29)17-11-20(27)26(12-17)23-25-19(13-31-23)15-7-9-18(24)10-8-15/h2-10,13-14,17H,11-12H2,1H3/t14-,17+/m0/s1. The maximum absolute atomic E-state index is 12.6. The van der Waals surface area contributed by atoms with Gasteiger partial charge in [-0.05, 0) is 19.1 Å². The SMILES string of the molecule is C[C@H](OC(=O)[C@@H]1CC(=O)N(c2nc(-c3ccc(Cl)cc3)cs2)C1)C(=O)c1ccccc1. The van der Waals surface area contributed by atoms with Gasteiger partial charge in [-0.15, -0.1) is 11.3 Å². The van der Waals surface area contributed by atoms with Crippen LogP contribution < -0.4 is 4.90 Å². The van der Waals surface area contributed by atoms with E-state index in [2.05, 4.69) is 4.98 Å². The topological polar surface area (TPSA) is 76.6 Å². The molecule has 1 aromatic heterocycles. The number of thiazole rings is 1. The number of amides is 1. The van der Waals surface area contributed by atoms with E-state index in [-0.39, 0.29) is 24.7 Å². The molecule has 2 atom stereocenters. The molecule has 158 valence electrons. The molecule has 0 saturated carbocycles. The molecule has 1 aliphatic rings. The van der Waals surface area contributed by atoms with Crippen molar-refractivity contribution in [3.8, 4) is 11.3 Å². The minimum atomic E-state index is -0.921. The molecule has 3 aromatic rings. The van der Waals surface area contributed by atoms with Gasteiger partial charge < -0.3 is 4.74 Å². The molecule has 0 bridgehead atoms. The number of esters is 1. The molecule has 1 fully saturated rings. The van der Waals surface area contributed by atoms with Gasteiger partial charge in [0, 0.05) is 34.5 Å². The van der Waals surface area contributed by atoms with Gasteiger partial charge in [-0.1, -0.05) is 54.1 Å². The number of hydrogen-bond acceptors (Lipinski definition) is 6. The van der Waals surface area contributed by atoms with Gasteiger partial charge in [-0.25, -0.2) is 4.98 Å². The first-order chi connectivity index (χ1) is 14.9. The highest BCUT2D eigenvalue weighted by Crippen LogP contribution is 2.32. The lowest BCUT2D eigenvalue weighted by molar-refractivity contribution is -0.151. The largest absolute Gasteiger partial charge is 0.454 e. The van der Waals surface area contributed by atoms with E-state index < -0.39 is 18.0 Å². The number of Topliss-reactive ketones (excluding diaryl/α,β-unsaturated/α-hetero) is 1. The van der Waals surface area contributed by atoms with Crippen LogP contribution in [-0.4, -0.2) is 35.3 Å². The van der Waals surface area contributed by atoms with Crippen LogP contribution in [0.3, 0.4) is 0 Å². The summed E-state index contributed by atoms with van der Waals surface area (Å²) in [6, 6.07) is 15.9. The fraction of sp³-hybridized carbons (Fsp3) is 0.217. The van der Waals surface area contributed by atoms with Crippen LogP contribution in [0.5, 0.6) is 0 Å². The van der Waals surface area contributed by atoms with Crippen LogP contribution in [0.4, 0.5) is 5.13 Å². The lowest BCUT2D eigenvalue weighted by atomic mass is 10.1. The molecule has 31 heavy (non-hydrogen) atoms. The Morgan fingerprint density at radius 3 is 2.58 bits per heavy atom. The van der Waals surface area contributed by atoms with E-state index in [9.17, 15) is 14.4 Å². The first kappa shape index (κ1) is 21.2. The zero-order chi connectivity index (χ0) is 22.0. The summed E-state index contributed by atoms with van der Waals surface area (Å²) in [7, 11) is 0. The molecule has 0 aliphatic carbocycles. The third kappa shape index (κ3) is 4.68. The lowest BCUT2D eigenvalue weighted by Crippen LogP contribution is -2.30. The maximum Gasteiger partial charge on any atom is 0.312 e. The zero-order valence-corrected chi connectivity index (χ0v) is 18.2. The summed E-state index contributed by atoms with van der Waals surface area (Å²) in [6.45, 7) is 1.72. The summed E-state index contributed by atoms with van der Waals surface area (Å²) in [4.78, 5) is 43.6. The molecule has 1 saturated heterocycles. The van der Waals surface area contributed by atoms with E-state index in [1.54, 1.807) is 43.3 Å². The molecule has 8 heteroatoms. The predicted octanol–water partition coefficient (Wildman–Crippen LogP) is 4.63. The third-order valence-electron chi connectivity index (χ3n) is 5.04. The normalized spacial score (nSPS) is 16.9. The van der Waals surface area contributed by atoms with Crippen molar-refractivity contribution < 1.29 is 19.1 Å². The van der Waals surface area contributed by atoms with Crippen molar-refractivity contribution in [2.45, 2.75) is 19.4 Å². The number of aromatic nitrogens is 1. The average molecular weight is 455 g/mol. The Kier molecular flexibility index (Phi) is 6.15. The Balaban J connectivity index is 1.40. The summed E-state index contributed by atoms with van der Waals surface area (Å²) in [5.41, 5.74) is 2.10. The van der Waals surface area contributed by atoms with Gasteiger partial charge in [-0.2, -0.15) is 0 Å². The molecule has 4 rings (SSSR count). The number of nitrogens with zero attached hydrogens (tertiary/aromatic N) is 2. The molecule has 0 N–H and O–H groups in total. The van der Waals surface area contributed by atoms with E-state index in [4.69, 9.17) is 16.3 Å². The van der Waals surface area contributed by atoms with Crippen molar-refractivity contribution in [3.05, 3.63) is 70.6 Å². The highest BCUT2D eigenvalue weighted by Gasteiger charge is 2.38. The fourth-order valence-electron chi connectivity index (χ4n) is 3.35. The Morgan fingerprint density at radius 1 is 1.16 bits per heavy atom. The van der Waals surface area contributed by atoms with Crippen LogP contribution in [0.2, 0.25) is 5.02 Å². The van der Waals surface area contributed by atoms with E-state index in [0.29, 0.717) is 15.7 Å². The Hall–Kier alpha value is -3.03. The number of anilines is 1. The van der Waals surface area contributed by atoms with E-state index in [0.717, 1.165) is 11.3 Å². The van der Waals surface area contributed by atoms with Crippen LogP contribution in [0.15, 0.2) is 60.0 Å². The fourth-order valence-corrected chi connectivity index (χ4v) is 4.34. The van der Waals surface area contributed by atoms with E-state index >= 15 is 0 Å². The number of carbonyl (C=O) groups excluding carboxylic acids is 3. The summed E-state index contributed by atoms with van der Waals surface area (Å²) in [6.07, 6.45) is -0.892. The lowest BCUT2D eigenvalue weighted by Gasteiger charge is -2.16. The highest BCUT2D eigenvalue weighted by molar-refractivity contribution is 7.14. The van der Waals surface area contributed by atoms with E-state index in [1.807, 2.05) is 23.6 Å². The maximum atomic E-state index is 12.6. The Morgan fingerprint density at radius 2 is 1.87 bits per heavy atom. The second kappa shape index (κ2) is 8.99. The Bertz CT molecular complexity index is 1110. The van der Waals surface area contributed by atoms with Crippen LogP contribution in [0.1, 0.15) is 23.7 Å². The molecule has 0 spiro atoms.